The third-order valence-electron chi connectivity index (χ3n) is 6.51. The van der Waals surface area contributed by atoms with Crippen LogP contribution in [-0.4, -0.2) is 46.0 Å². The maximum atomic E-state index is 14.3. The molecular weight excluding hydrogens is 466 g/mol. The average molecular weight is 516 g/mol. The molecule has 1 aliphatic rings. The van der Waals surface area contributed by atoms with Crippen molar-refractivity contribution in [2.45, 2.75) is 130 Å². The SMILES string of the molecule is Cc1ccc(C(C(=O)NC2CCCCC2)N(C(=O)C(CC(C)C)NC(=O)OC(C)(C)C)C(C)(C)C)cc1. The fourth-order valence-corrected chi connectivity index (χ4v) is 4.85. The standard InChI is InChI=1S/C30H49N3O4/c1-20(2)19-24(32-28(36)37-30(7,8)9)27(35)33(29(4,5)6)25(22-17-15-21(3)16-18-22)26(34)31-23-13-11-10-12-14-23/h15-18,20,23-25H,10-14,19H2,1-9H3,(H,31,34)(H,32,36). The van der Waals surface area contributed by atoms with Crippen molar-refractivity contribution in [1.29, 1.82) is 0 Å². The fourth-order valence-electron chi connectivity index (χ4n) is 4.85. The van der Waals surface area contributed by atoms with E-state index in [4.69, 9.17) is 4.74 Å². The summed E-state index contributed by atoms with van der Waals surface area (Å²) >= 11 is 0. The lowest BCUT2D eigenvalue weighted by Crippen LogP contribution is -2.59. The molecule has 1 fully saturated rings. The molecule has 208 valence electrons. The molecule has 2 unspecified atom stereocenters. The van der Waals surface area contributed by atoms with E-state index in [0.717, 1.165) is 36.8 Å². The van der Waals surface area contributed by atoms with Crippen molar-refractivity contribution in [3.8, 4) is 0 Å². The quantitative estimate of drug-likeness (QED) is 0.441. The van der Waals surface area contributed by atoms with Crippen LogP contribution in [0, 0.1) is 12.8 Å². The molecule has 1 aromatic carbocycles. The molecule has 1 aromatic rings. The molecule has 1 saturated carbocycles. The van der Waals surface area contributed by atoms with E-state index >= 15 is 0 Å². The maximum absolute atomic E-state index is 14.3. The number of rotatable bonds is 8. The molecule has 0 heterocycles. The van der Waals surface area contributed by atoms with Crippen molar-refractivity contribution in [3.63, 3.8) is 0 Å². The molecule has 3 amide bonds. The highest BCUT2D eigenvalue weighted by Gasteiger charge is 2.42. The van der Waals surface area contributed by atoms with Gasteiger partial charge in [0.2, 0.25) is 11.8 Å². The normalized spacial score (nSPS) is 16.6. The first-order chi connectivity index (χ1) is 17.1. The lowest BCUT2D eigenvalue weighted by Gasteiger charge is -2.43. The number of carbonyl (C=O) groups excluding carboxylic acids is 3. The molecule has 0 spiro atoms. The van der Waals surface area contributed by atoms with Crippen LogP contribution in [0.3, 0.4) is 0 Å². The van der Waals surface area contributed by atoms with Crippen molar-refractivity contribution in [3.05, 3.63) is 35.4 Å². The number of nitrogens with zero attached hydrogens (tertiary/aromatic N) is 1. The summed E-state index contributed by atoms with van der Waals surface area (Å²) in [5, 5.41) is 6.06. The maximum Gasteiger partial charge on any atom is 0.408 e. The zero-order valence-corrected chi connectivity index (χ0v) is 24.4. The van der Waals surface area contributed by atoms with Crippen LogP contribution in [0.4, 0.5) is 4.79 Å². The summed E-state index contributed by atoms with van der Waals surface area (Å²) in [6.07, 6.45) is 5.07. The Morgan fingerprint density at radius 3 is 2.03 bits per heavy atom. The Balaban J connectivity index is 2.49. The van der Waals surface area contributed by atoms with Crippen molar-refractivity contribution >= 4 is 17.9 Å². The van der Waals surface area contributed by atoms with E-state index in [9.17, 15) is 14.4 Å². The van der Waals surface area contributed by atoms with E-state index in [1.54, 1.807) is 25.7 Å². The Hall–Kier alpha value is -2.57. The van der Waals surface area contributed by atoms with Gasteiger partial charge < -0.3 is 20.3 Å². The number of nitrogens with one attached hydrogen (secondary N) is 2. The van der Waals surface area contributed by atoms with E-state index in [1.807, 2.05) is 65.8 Å². The smallest absolute Gasteiger partial charge is 0.408 e. The van der Waals surface area contributed by atoms with Crippen LogP contribution in [0.1, 0.15) is 111 Å². The summed E-state index contributed by atoms with van der Waals surface area (Å²) in [6, 6.07) is 6.22. The zero-order valence-electron chi connectivity index (χ0n) is 24.4. The minimum Gasteiger partial charge on any atom is -0.444 e. The third kappa shape index (κ3) is 9.67. The second-order valence-electron chi connectivity index (χ2n) is 12.9. The summed E-state index contributed by atoms with van der Waals surface area (Å²) in [6.45, 7) is 17.2. The molecule has 7 heteroatoms. The van der Waals surface area contributed by atoms with Crippen LogP contribution in [-0.2, 0) is 14.3 Å². The van der Waals surface area contributed by atoms with Gasteiger partial charge in [-0.2, -0.15) is 0 Å². The molecule has 7 nitrogen and oxygen atoms in total. The molecule has 1 aliphatic carbocycles. The van der Waals surface area contributed by atoms with Gasteiger partial charge in [-0.15, -0.1) is 0 Å². The van der Waals surface area contributed by atoms with Crippen LogP contribution in [0.25, 0.3) is 0 Å². The molecule has 2 atom stereocenters. The van der Waals surface area contributed by atoms with Gasteiger partial charge in [-0.25, -0.2) is 4.79 Å². The highest BCUT2D eigenvalue weighted by molar-refractivity contribution is 5.92. The van der Waals surface area contributed by atoms with Gasteiger partial charge in [-0.1, -0.05) is 62.9 Å². The number of carbonyl (C=O) groups is 3. The zero-order chi connectivity index (χ0) is 28.0. The van der Waals surface area contributed by atoms with Gasteiger partial charge in [0, 0.05) is 11.6 Å². The van der Waals surface area contributed by atoms with Gasteiger partial charge in [0.1, 0.15) is 17.7 Å². The Kier molecular flexibility index (Phi) is 10.6. The van der Waals surface area contributed by atoms with Gasteiger partial charge in [0.15, 0.2) is 0 Å². The molecule has 0 saturated heterocycles. The van der Waals surface area contributed by atoms with E-state index in [1.165, 1.54) is 6.42 Å². The van der Waals surface area contributed by atoms with Crippen LogP contribution in [0.15, 0.2) is 24.3 Å². The first kappa shape index (κ1) is 30.7. The summed E-state index contributed by atoms with van der Waals surface area (Å²) in [5.41, 5.74) is 0.445. The van der Waals surface area contributed by atoms with E-state index in [0.29, 0.717) is 6.42 Å². The average Bonchev–Trinajstić information content (AvgIpc) is 2.75. The topological polar surface area (TPSA) is 87.7 Å². The number of ether oxygens (including phenoxy) is 1. The van der Waals surface area contributed by atoms with Gasteiger partial charge in [0.25, 0.3) is 0 Å². The molecule has 0 bridgehead atoms. The fraction of sp³-hybridized carbons (Fsp3) is 0.700. The predicted octanol–water partition coefficient (Wildman–Crippen LogP) is 6.05. The van der Waals surface area contributed by atoms with Crippen LogP contribution in [0.5, 0.6) is 0 Å². The summed E-state index contributed by atoms with van der Waals surface area (Å²) in [4.78, 5) is 42.6. The molecule has 2 rings (SSSR count). The first-order valence-electron chi connectivity index (χ1n) is 13.8. The Bertz CT molecular complexity index is 906. The number of hydrogen-bond acceptors (Lipinski definition) is 4. The summed E-state index contributed by atoms with van der Waals surface area (Å²) in [5.74, 6) is -0.337. The third-order valence-corrected chi connectivity index (χ3v) is 6.51. The number of hydrogen-bond donors (Lipinski definition) is 2. The largest absolute Gasteiger partial charge is 0.444 e. The minimum absolute atomic E-state index is 0.109. The molecule has 2 N–H and O–H groups in total. The molecule has 37 heavy (non-hydrogen) atoms. The predicted molar refractivity (Wildman–Crippen MR) is 148 cm³/mol. The monoisotopic (exact) mass is 515 g/mol. The minimum atomic E-state index is -0.829. The molecule has 0 aliphatic heterocycles. The van der Waals surface area contributed by atoms with Crippen molar-refractivity contribution < 1.29 is 19.1 Å². The van der Waals surface area contributed by atoms with Gasteiger partial charge in [-0.3, -0.25) is 9.59 Å². The van der Waals surface area contributed by atoms with Gasteiger partial charge >= 0.3 is 6.09 Å². The van der Waals surface area contributed by atoms with E-state index < -0.39 is 29.3 Å². The number of alkyl carbamates (subject to hydrolysis) is 1. The van der Waals surface area contributed by atoms with Crippen LogP contribution in [0.2, 0.25) is 0 Å². The van der Waals surface area contributed by atoms with Gasteiger partial charge in [-0.05, 0) is 79.2 Å². The lowest BCUT2D eigenvalue weighted by molar-refractivity contribution is -0.149. The summed E-state index contributed by atoms with van der Waals surface area (Å²) < 4.78 is 5.47. The summed E-state index contributed by atoms with van der Waals surface area (Å²) in [7, 11) is 0. The highest BCUT2D eigenvalue weighted by atomic mass is 16.6. The Morgan fingerprint density at radius 1 is 0.973 bits per heavy atom. The molecular formula is C30H49N3O4. The van der Waals surface area contributed by atoms with Crippen molar-refractivity contribution in [2.24, 2.45) is 5.92 Å². The number of benzene rings is 1. The second-order valence-corrected chi connectivity index (χ2v) is 12.9. The lowest BCUT2D eigenvalue weighted by atomic mass is 9.92. The Morgan fingerprint density at radius 2 is 1.54 bits per heavy atom. The first-order valence-corrected chi connectivity index (χ1v) is 13.8. The molecule has 0 radical (unpaired) electrons. The van der Waals surface area contributed by atoms with E-state index in [-0.39, 0.29) is 23.8 Å². The van der Waals surface area contributed by atoms with Crippen LogP contribution >= 0.6 is 0 Å². The van der Waals surface area contributed by atoms with Gasteiger partial charge in [0.05, 0.1) is 0 Å². The van der Waals surface area contributed by atoms with Crippen molar-refractivity contribution in [1.82, 2.24) is 15.5 Å². The van der Waals surface area contributed by atoms with E-state index in [2.05, 4.69) is 10.6 Å². The number of amides is 3. The van der Waals surface area contributed by atoms with Crippen LogP contribution < -0.4 is 10.6 Å². The van der Waals surface area contributed by atoms with Crippen molar-refractivity contribution in [2.75, 3.05) is 0 Å². The second kappa shape index (κ2) is 12.8. The highest BCUT2D eigenvalue weighted by Crippen LogP contribution is 2.32. The number of aryl methyl sites for hydroxylation is 1. The molecule has 0 aromatic heterocycles. The Labute approximate surface area is 224 Å².